The number of hydrogen-bond acceptors (Lipinski definition) is 0. The largest absolute Gasteiger partial charge is 0.316 e. The molecule has 0 saturated heterocycles. The first-order valence-corrected chi connectivity index (χ1v) is 0. The minimum atomic E-state index is 0. The SMILES string of the molecule is [Fe].[Fe].[Fe].[Fe].[MgH2].[MgH2].[MgH2].[MgH2].[MgH2].[MgH2].[MgH2].[MgH2].[MgH2].[Ni].[Ni].[Ni].[Ni]. The van der Waals surface area contributed by atoms with Crippen LogP contribution in [0, 0.1) is 0 Å². The Labute approximate surface area is 332 Å². The van der Waals surface area contributed by atoms with Gasteiger partial charge < -0.3 is 0 Å². The second kappa shape index (κ2) is 151. The first-order chi connectivity index (χ1) is 0. The van der Waals surface area contributed by atoms with E-state index in [4.69, 9.17) is 0 Å². The molecule has 0 bridgehead atoms. The van der Waals surface area contributed by atoms with Crippen molar-refractivity contribution >= 4 is 207 Å². The van der Waals surface area contributed by atoms with Gasteiger partial charge in [-0.05, 0) is 0 Å². The Morgan fingerprint density at radius 1 is 0.176 bits per heavy atom. The zero-order valence-corrected chi connectivity index (χ0v) is 11.0. The maximum atomic E-state index is 0. The number of rotatable bonds is 0. The molecule has 0 rings (SSSR count). The van der Waals surface area contributed by atoms with Crippen LogP contribution in [0.1, 0.15) is 0 Å². The molecule has 108 valence electrons. The third-order valence-electron chi connectivity index (χ3n) is 0. The van der Waals surface area contributed by atoms with Gasteiger partial charge in [-0.3, -0.25) is 0 Å². The van der Waals surface area contributed by atoms with Crippen molar-refractivity contribution in [2.75, 3.05) is 0 Å². The molecule has 0 N–H and O–H groups in total. The van der Waals surface area contributed by atoms with Gasteiger partial charge in [0.15, 0.2) is 0 Å². The van der Waals surface area contributed by atoms with Gasteiger partial charge in [0.25, 0.3) is 0 Å². The van der Waals surface area contributed by atoms with Gasteiger partial charge in [-0.2, -0.15) is 0 Å². The van der Waals surface area contributed by atoms with E-state index in [9.17, 15) is 0 Å². The molecular formula is H18Fe4Mg9Ni4. The predicted octanol–water partition coefficient (Wildman–Crippen LogP) is -8.27. The van der Waals surface area contributed by atoms with Crippen LogP contribution in [0.4, 0.5) is 0 Å². The van der Waals surface area contributed by atoms with E-state index in [2.05, 4.69) is 0 Å². The fourth-order valence-electron chi connectivity index (χ4n) is 0. The van der Waals surface area contributed by atoms with Crippen LogP contribution in [-0.2, 0) is 134 Å². The Bertz CT molecular complexity index is 25.0. The maximum absolute atomic E-state index is 0. The molecule has 17 heteroatoms. The molecule has 0 atom stereocenters. The van der Waals surface area contributed by atoms with E-state index in [0.717, 1.165) is 0 Å². The summed E-state index contributed by atoms with van der Waals surface area (Å²) in [6, 6.07) is 0. The van der Waals surface area contributed by atoms with Crippen molar-refractivity contribution in [3.8, 4) is 0 Å². The first kappa shape index (κ1) is 169. The predicted molar refractivity (Wildman–Crippen MR) is 76.9 cm³/mol. The Kier molecular flexibility index (Phi) is 1510. The Morgan fingerprint density at radius 3 is 0.176 bits per heavy atom. The molecule has 17 heavy (non-hydrogen) atoms. The average Bonchev–Trinajstić information content (AvgIpc) is 0. The monoisotopic (exact) mass is 689 g/mol. The summed E-state index contributed by atoms with van der Waals surface area (Å²) in [7, 11) is 0. The molecule has 0 saturated carbocycles. The second-order valence-electron chi connectivity index (χ2n) is 0. The van der Waals surface area contributed by atoms with Crippen LogP contribution < -0.4 is 0 Å². The van der Waals surface area contributed by atoms with Crippen LogP contribution in [0.3, 0.4) is 0 Å². The zero-order chi connectivity index (χ0) is 0. The molecule has 0 aliphatic heterocycles. The molecule has 0 spiro atoms. The van der Waals surface area contributed by atoms with E-state index in [1.807, 2.05) is 0 Å². The van der Waals surface area contributed by atoms with Gasteiger partial charge in [0.2, 0.25) is 0 Å². The van der Waals surface area contributed by atoms with Crippen LogP contribution in [-0.4, -0.2) is 207 Å². The summed E-state index contributed by atoms with van der Waals surface area (Å²) in [6.07, 6.45) is 0. The number of hydrogen-bond donors (Lipinski definition) is 0. The summed E-state index contributed by atoms with van der Waals surface area (Å²) in [4.78, 5) is 0. The van der Waals surface area contributed by atoms with Crippen molar-refractivity contribution in [2.45, 2.75) is 0 Å². The van der Waals surface area contributed by atoms with Crippen LogP contribution >= 0.6 is 0 Å². The van der Waals surface area contributed by atoms with Gasteiger partial charge in [0.05, 0.1) is 0 Å². The Morgan fingerprint density at radius 2 is 0.176 bits per heavy atom. The van der Waals surface area contributed by atoms with E-state index in [1.54, 1.807) is 0 Å². The molecule has 0 fully saturated rings. The fraction of sp³-hybridized carbons (Fsp3) is 0. The summed E-state index contributed by atoms with van der Waals surface area (Å²) >= 11 is 0. The molecule has 0 aromatic carbocycles. The molecule has 0 nitrogen and oxygen atoms in total. The van der Waals surface area contributed by atoms with Crippen LogP contribution in [0.25, 0.3) is 0 Å². The Balaban J connectivity index is 0. The van der Waals surface area contributed by atoms with Gasteiger partial charge in [-0.1, -0.05) is 0 Å². The molecule has 0 aliphatic carbocycles. The van der Waals surface area contributed by atoms with Crippen molar-refractivity contribution in [1.29, 1.82) is 0 Å². The Hall–Kier alpha value is 10.9. The van der Waals surface area contributed by atoms with E-state index >= 15 is 0 Å². The summed E-state index contributed by atoms with van der Waals surface area (Å²) in [5.74, 6) is 0. The second-order valence-corrected chi connectivity index (χ2v) is 0. The van der Waals surface area contributed by atoms with Crippen molar-refractivity contribution in [2.24, 2.45) is 0 Å². The van der Waals surface area contributed by atoms with Gasteiger partial charge in [0, 0.05) is 134 Å². The van der Waals surface area contributed by atoms with Crippen LogP contribution in [0.15, 0.2) is 0 Å². The molecule has 0 aromatic rings. The molecule has 0 heterocycles. The third kappa shape index (κ3) is 140. The summed E-state index contributed by atoms with van der Waals surface area (Å²) < 4.78 is 0. The van der Waals surface area contributed by atoms with Crippen molar-refractivity contribution in [1.82, 2.24) is 0 Å². The summed E-state index contributed by atoms with van der Waals surface area (Å²) in [6.45, 7) is 0. The van der Waals surface area contributed by atoms with E-state index in [1.165, 1.54) is 0 Å². The average molecular weight is 695 g/mol. The van der Waals surface area contributed by atoms with Crippen LogP contribution in [0.5, 0.6) is 0 Å². The van der Waals surface area contributed by atoms with E-state index in [-0.39, 0.29) is 342 Å². The fourth-order valence-corrected chi connectivity index (χ4v) is 0. The third-order valence-corrected chi connectivity index (χ3v) is 0. The van der Waals surface area contributed by atoms with Gasteiger partial charge in [-0.15, -0.1) is 0 Å². The van der Waals surface area contributed by atoms with Gasteiger partial charge in [0.1, 0.15) is 0 Å². The van der Waals surface area contributed by atoms with E-state index in [0.29, 0.717) is 0 Å². The smallest absolute Gasteiger partial charge is 0 e. The molecular weight excluding hydrogens is 677 g/mol. The first-order valence-electron chi connectivity index (χ1n) is 0. The van der Waals surface area contributed by atoms with Gasteiger partial charge >= 0.3 is 207 Å². The molecule has 0 radical (unpaired) electrons. The standard InChI is InChI=1S/4Fe.9Mg.4Ni.18H. The maximum Gasteiger partial charge on any atom is 0.316 e. The van der Waals surface area contributed by atoms with E-state index < -0.39 is 0 Å². The summed E-state index contributed by atoms with van der Waals surface area (Å²) in [5.41, 5.74) is 0. The van der Waals surface area contributed by atoms with Crippen molar-refractivity contribution < 1.29 is 134 Å². The molecule has 0 aromatic heterocycles. The molecule has 0 unspecified atom stereocenters. The summed E-state index contributed by atoms with van der Waals surface area (Å²) in [5, 5.41) is 0. The molecule has 0 amide bonds. The van der Waals surface area contributed by atoms with Crippen molar-refractivity contribution in [3.63, 3.8) is 0 Å². The van der Waals surface area contributed by atoms with Gasteiger partial charge in [-0.25, -0.2) is 0 Å². The zero-order valence-electron chi connectivity index (χ0n) is 2.68. The van der Waals surface area contributed by atoms with Crippen LogP contribution in [0.2, 0.25) is 0 Å². The normalized spacial score (nSPS) is 0. The molecule has 0 aliphatic rings. The quantitative estimate of drug-likeness (QED) is 0.222. The minimum absolute atomic E-state index is 0. The topological polar surface area (TPSA) is 0 Å². The minimum Gasteiger partial charge on any atom is 0 e. The van der Waals surface area contributed by atoms with Crippen molar-refractivity contribution in [3.05, 3.63) is 0 Å².